The minimum Gasteiger partial charge on any atom is -0.456 e. The van der Waals surface area contributed by atoms with Crippen molar-refractivity contribution in [3.05, 3.63) is 22.7 Å². The van der Waals surface area contributed by atoms with Crippen LogP contribution in [0.15, 0.2) is 22.7 Å². The van der Waals surface area contributed by atoms with Crippen LogP contribution < -0.4 is 0 Å². The summed E-state index contributed by atoms with van der Waals surface area (Å²) in [6, 6.07) is 0. The van der Waals surface area contributed by atoms with Gasteiger partial charge in [0.2, 0.25) is 35.7 Å². The number of hydroxylamine groups is 2. The van der Waals surface area contributed by atoms with Gasteiger partial charge in [-0.2, -0.15) is 31.4 Å². The molecule has 6 saturated heterocycles. The predicted molar refractivity (Wildman–Crippen MR) is 152 cm³/mol. The molecular formula is C33H43F6NO9. The van der Waals surface area contributed by atoms with E-state index in [1.807, 2.05) is 13.8 Å². The topological polar surface area (TPSA) is 86.3 Å². The molecule has 2 unspecified atom stereocenters. The summed E-state index contributed by atoms with van der Waals surface area (Å²) in [5.41, 5.74) is -3.01. The summed E-state index contributed by atoms with van der Waals surface area (Å²) in [6.45, 7) is 6.27. The Balaban J connectivity index is 1.11. The Bertz CT molecular complexity index is 1420. The summed E-state index contributed by atoms with van der Waals surface area (Å²) < 4.78 is 112. The molecule has 2 saturated carbocycles. The third-order valence-electron chi connectivity index (χ3n) is 12.7. The summed E-state index contributed by atoms with van der Waals surface area (Å²) in [6.07, 6.45) is -8.56. The van der Waals surface area contributed by atoms with Crippen LogP contribution in [-0.2, 0) is 43.3 Å². The zero-order valence-corrected chi connectivity index (χ0v) is 28.1. The van der Waals surface area contributed by atoms with Gasteiger partial charge in [-0.25, -0.2) is 19.6 Å². The van der Waals surface area contributed by atoms with E-state index in [-0.39, 0.29) is 34.8 Å². The zero-order valence-electron chi connectivity index (χ0n) is 28.1. The van der Waals surface area contributed by atoms with Crippen molar-refractivity contribution < 1.29 is 69.7 Å². The first-order chi connectivity index (χ1) is 22.9. The summed E-state index contributed by atoms with van der Waals surface area (Å²) >= 11 is 0. The van der Waals surface area contributed by atoms with Gasteiger partial charge in [0.15, 0.2) is 11.2 Å². The SMILES string of the molecule is C[C@@H]1CC[C@H]2C(CON(C)CC3=C(C(F)(F)F)O[C@@H]4O[C@@]5(C)CCC6[C@H](C)CC[C@@H]3[C@]64OO5)=C(C(F)(F)F)O[C@@H]3O[C@@]4(C)CCC1[C@]32OO4. The molecule has 0 amide bonds. The van der Waals surface area contributed by atoms with Crippen LogP contribution in [0.1, 0.15) is 79.1 Å². The molecule has 10 aliphatic rings. The highest BCUT2D eigenvalue weighted by Gasteiger charge is 2.72. The first-order valence-corrected chi connectivity index (χ1v) is 17.3. The van der Waals surface area contributed by atoms with Gasteiger partial charge < -0.3 is 18.9 Å². The molecule has 0 aromatic carbocycles. The molecule has 2 aliphatic carbocycles. The number of rotatable bonds is 5. The lowest BCUT2D eigenvalue weighted by atomic mass is 9.59. The van der Waals surface area contributed by atoms with Gasteiger partial charge in [-0.05, 0) is 69.8 Å². The van der Waals surface area contributed by atoms with Crippen LogP contribution >= 0.6 is 0 Å². The molecule has 8 aliphatic heterocycles. The van der Waals surface area contributed by atoms with Crippen molar-refractivity contribution in [1.29, 1.82) is 0 Å². The second-order valence-corrected chi connectivity index (χ2v) is 15.7. The van der Waals surface area contributed by atoms with Gasteiger partial charge in [0.05, 0.1) is 6.61 Å². The lowest BCUT2D eigenvalue weighted by molar-refractivity contribution is -0.558. The Morgan fingerprint density at radius 2 is 1.12 bits per heavy atom. The largest absolute Gasteiger partial charge is 0.456 e. The molecule has 8 heterocycles. The van der Waals surface area contributed by atoms with Crippen LogP contribution in [0, 0.1) is 35.5 Å². The highest BCUT2D eigenvalue weighted by atomic mass is 19.4. The second-order valence-electron chi connectivity index (χ2n) is 15.7. The summed E-state index contributed by atoms with van der Waals surface area (Å²) in [5, 5.41) is 1.12. The van der Waals surface area contributed by atoms with Crippen molar-refractivity contribution in [1.82, 2.24) is 5.06 Å². The number of fused-ring (bicyclic) bond motifs is 4. The zero-order chi connectivity index (χ0) is 34.9. The fraction of sp³-hybridized carbons (Fsp3) is 0.879. The van der Waals surface area contributed by atoms with Crippen LogP contribution in [-0.4, -0.2) is 73.0 Å². The van der Waals surface area contributed by atoms with Gasteiger partial charge in [0.25, 0.3) is 0 Å². The number of nitrogens with zero attached hydrogens (tertiary/aromatic N) is 1. The molecule has 2 spiro atoms. The van der Waals surface area contributed by atoms with E-state index in [9.17, 15) is 26.3 Å². The highest BCUT2D eigenvalue weighted by molar-refractivity contribution is 5.30. The molecule has 49 heavy (non-hydrogen) atoms. The number of hydrogen-bond donors (Lipinski definition) is 0. The van der Waals surface area contributed by atoms with Crippen molar-refractivity contribution in [3.63, 3.8) is 0 Å². The van der Waals surface area contributed by atoms with Crippen LogP contribution in [0.2, 0.25) is 0 Å². The van der Waals surface area contributed by atoms with E-state index in [1.165, 1.54) is 7.05 Å². The lowest BCUT2D eigenvalue weighted by Gasteiger charge is -2.57. The standard InChI is InChI=1S/C33H43F6NO9/c1-16-6-8-22-18(24(32(34,35)36)42-26-30(22)20(16)10-12-28(3,44-26)46-48-30)14-40(5)41-15-19-23-9-7-17(2)21-11-13-29(4)45-27(31(21,23)49-47-29)43-25(19)33(37,38)39/h16-17,20-23,26-27H,6-15H2,1-5H3/t16-,17-,20?,21?,22+,23+,26-,27-,28-,29-,30-,31-/m1/s1. The van der Waals surface area contributed by atoms with Gasteiger partial charge in [0, 0.05) is 55.7 Å². The normalized spacial score (nSPS) is 47.7. The summed E-state index contributed by atoms with van der Waals surface area (Å²) in [7, 11) is 1.39. The number of alkyl halides is 6. The Kier molecular flexibility index (Phi) is 7.85. The van der Waals surface area contributed by atoms with E-state index in [0.717, 1.165) is 5.06 Å². The molecular weight excluding hydrogens is 668 g/mol. The highest BCUT2D eigenvalue weighted by Crippen LogP contribution is 2.63. The molecule has 10 nitrogen and oxygen atoms in total. The van der Waals surface area contributed by atoms with Gasteiger partial charge in [0.1, 0.15) is 0 Å². The molecule has 16 heteroatoms. The molecule has 12 atom stereocenters. The quantitative estimate of drug-likeness (QED) is 0.169. The van der Waals surface area contributed by atoms with Crippen molar-refractivity contribution in [2.45, 2.75) is 127 Å². The summed E-state index contributed by atoms with van der Waals surface area (Å²) in [4.78, 5) is 29.4. The smallest absolute Gasteiger partial charge is 0.449 e. The van der Waals surface area contributed by atoms with Crippen molar-refractivity contribution in [3.8, 4) is 0 Å². The Morgan fingerprint density at radius 1 is 0.673 bits per heavy atom. The molecule has 8 fully saturated rings. The fourth-order valence-corrected chi connectivity index (χ4v) is 10.3. The Morgan fingerprint density at radius 3 is 1.59 bits per heavy atom. The van der Waals surface area contributed by atoms with E-state index in [0.29, 0.717) is 51.4 Å². The monoisotopic (exact) mass is 711 g/mol. The molecule has 0 aromatic rings. The number of hydrogen-bond acceptors (Lipinski definition) is 10. The second kappa shape index (κ2) is 11.2. The number of halogens is 6. The number of allylic oxidation sites excluding steroid dienone is 2. The van der Waals surface area contributed by atoms with Crippen molar-refractivity contribution in [2.24, 2.45) is 35.5 Å². The lowest BCUT2D eigenvalue weighted by Crippen LogP contribution is -2.68. The predicted octanol–water partition coefficient (Wildman–Crippen LogP) is 6.97. The number of ether oxygens (including phenoxy) is 4. The van der Waals surface area contributed by atoms with Gasteiger partial charge in [-0.1, -0.05) is 13.8 Å². The average Bonchev–Trinajstić information content (AvgIpc) is 3.39. The van der Waals surface area contributed by atoms with E-state index in [1.54, 1.807) is 13.8 Å². The average molecular weight is 712 g/mol. The summed E-state index contributed by atoms with van der Waals surface area (Å²) in [5.74, 6) is -6.88. The first-order valence-electron chi connectivity index (χ1n) is 17.3. The third-order valence-corrected chi connectivity index (χ3v) is 12.7. The van der Waals surface area contributed by atoms with Crippen LogP contribution in [0.3, 0.4) is 0 Å². The molecule has 4 bridgehead atoms. The minimum absolute atomic E-state index is 0.0911. The van der Waals surface area contributed by atoms with E-state index in [4.69, 9.17) is 43.3 Å². The Labute approximate surface area is 280 Å². The van der Waals surface area contributed by atoms with Gasteiger partial charge in [-0.15, -0.1) is 0 Å². The van der Waals surface area contributed by atoms with Crippen molar-refractivity contribution in [2.75, 3.05) is 20.2 Å². The molecule has 0 N–H and O–H groups in total. The Hall–Kier alpha value is -1.66. The maximum absolute atomic E-state index is 14.7. The first kappa shape index (κ1) is 34.4. The minimum atomic E-state index is -4.90. The van der Waals surface area contributed by atoms with Gasteiger partial charge in [-0.3, -0.25) is 4.84 Å². The maximum atomic E-state index is 14.7. The third kappa shape index (κ3) is 5.12. The van der Waals surface area contributed by atoms with Crippen LogP contribution in [0.4, 0.5) is 26.3 Å². The van der Waals surface area contributed by atoms with Crippen molar-refractivity contribution >= 4 is 0 Å². The molecule has 10 rings (SSSR count). The maximum Gasteiger partial charge on any atom is 0.449 e. The molecule has 0 radical (unpaired) electrons. The fourth-order valence-electron chi connectivity index (χ4n) is 10.3. The van der Waals surface area contributed by atoms with Crippen LogP contribution in [0.25, 0.3) is 0 Å². The van der Waals surface area contributed by atoms with E-state index in [2.05, 4.69) is 0 Å². The van der Waals surface area contributed by atoms with Crippen LogP contribution in [0.5, 0.6) is 0 Å². The number of likely N-dealkylation sites (N-methyl/N-ethyl adjacent to an activating group) is 1. The van der Waals surface area contributed by atoms with Gasteiger partial charge >= 0.3 is 12.4 Å². The van der Waals surface area contributed by atoms with E-state index < -0.39 is 84.2 Å². The molecule has 0 aromatic heterocycles. The molecule has 276 valence electrons. The van der Waals surface area contributed by atoms with E-state index >= 15 is 0 Å².